The highest BCUT2D eigenvalue weighted by Crippen LogP contribution is 2.37. The van der Waals surface area contributed by atoms with Crippen molar-refractivity contribution >= 4 is 34.3 Å². The Balaban J connectivity index is 1.47. The van der Waals surface area contributed by atoms with Gasteiger partial charge in [0.25, 0.3) is 0 Å². The number of fused-ring (bicyclic) bond motifs is 2. The van der Waals surface area contributed by atoms with Gasteiger partial charge in [-0.15, -0.1) is 0 Å². The second-order valence-corrected chi connectivity index (χ2v) is 7.83. The number of carbonyl (C=O) groups is 1. The molecule has 162 valence electrons. The highest BCUT2D eigenvalue weighted by atomic mass is 32.2. The molecule has 4 rings (SSSR count). The Morgan fingerprint density at radius 2 is 1.87 bits per heavy atom. The SMILES string of the molecule is CCOc1ccc(OCC)c(NC(=O)CSc2nc3cc4c(cc3cc2C)OCO4)c1. The molecule has 0 unspecified atom stereocenters. The van der Waals surface area contributed by atoms with Crippen molar-refractivity contribution in [2.75, 3.05) is 31.1 Å². The predicted octanol–water partition coefficient (Wildman–Crippen LogP) is 4.80. The maximum Gasteiger partial charge on any atom is 0.234 e. The van der Waals surface area contributed by atoms with Crippen LogP contribution in [-0.4, -0.2) is 36.7 Å². The van der Waals surface area contributed by atoms with Crippen LogP contribution in [0.15, 0.2) is 41.4 Å². The second kappa shape index (κ2) is 9.34. The maximum absolute atomic E-state index is 12.6. The van der Waals surface area contributed by atoms with Gasteiger partial charge in [-0.25, -0.2) is 4.98 Å². The lowest BCUT2D eigenvalue weighted by Gasteiger charge is -2.14. The Labute approximate surface area is 185 Å². The van der Waals surface area contributed by atoms with Gasteiger partial charge in [0.05, 0.1) is 30.2 Å². The molecule has 1 N–H and O–H groups in total. The number of carbonyl (C=O) groups excluding carboxylic acids is 1. The van der Waals surface area contributed by atoms with Crippen molar-refractivity contribution in [3.05, 3.63) is 42.0 Å². The van der Waals surface area contributed by atoms with Crippen LogP contribution in [0.5, 0.6) is 23.0 Å². The number of aromatic nitrogens is 1. The Bertz CT molecular complexity index is 1120. The summed E-state index contributed by atoms with van der Waals surface area (Å²) >= 11 is 1.39. The molecular weight excluding hydrogens is 416 g/mol. The van der Waals surface area contributed by atoms with Crippen molar-refractivity contribution in [2.45, 2.75) is 25.8 Å². The van der Waals surface area contributed by atoms with Crippen LogP contribution >= 0.6 is 11.8 Å². The second-order valence-electron chi connectivity index (χ2n) is 6.87. The van der Waals surface area contributed by atoms with E-state index in [0.717, 1.165) is 27.2 Å². The van der Waals surface area contributed by atoms with Gasteiger partial charge in [0, 0.05) is 17.5 Å². The summed E-state index contributed by atoms with van der Waals surface area (Å²) in [6.07, 6.45) is 0. The number of rotatable bonds is 8. The third-order valence-electron chi connectivity index (χ3n) is 4.63. The van der Waals surface area contributed by atoms with Gasteiger partial charge in [0.1, 0.15) is 16.5 Å². The number of hydrogen-bond donors (Lipinski definition) is 1. The number of benzene rings is 2. The average molecular weight is 441 g/mol. The fraction of sp³-hybridized carbons (Fsp3) is 0.304. The molecule has 0 atom stereocenters. The Hall–Kier alpha value is -3.13. The van der Waals surface area contributed by atoms with Gasteiger partial charge in [-0.2, -0.15) is 0 Å². The summed E-state index contributed by atoms with van der Waals surface area (Å²) in [6, 6.07) is 11.3. The summed E-state index contributed by atoms with van der Waals surface area (Å²) in [7, 11) is 0. The summed E-state index contributed by atoms with van der Waals surface area (Å²) in [6.45, 7) is 7.07. The van der Waals surface area contributed by atoms with Crippen molar-refractivity contribution in [1.82, 2.24) is 4.98 Å². The molecule has 3 aromatic rings. The van der Waals surface area contributed by atoms with E-state index in [1.54, 1.807) is 12.1 Å². The summed E-state index contributed by atoms with van der Waals surface area (Å²) in [4.78, 5) is 17.4. The first-order chi connectivity index (χ1) is 15.1. The Morgan fingerprint density at radius 3 is 2.65 bits per heavy atom. The molecule has 0 bridgehead atoms. The zero-order chi connectivity index (χ0) is 21.8. The number of amides is 1. The summed E-state index contributed by atoms with van der Waals surface area (Å²) < 4.78 is 22.0. The number of ether oxygens (including phenoxy) is 4. The molecule has 31 heavy (non-hydrogen) atoms. The van der Waals surface area contributed by atoms with Crippen molar-refractivity contribution < 1.29 is 23.7 Å². The molecular formula is C23H24N2O5S. The quantitative estimate of drug-likeness (QED) is 0.504. The molecule has 8 heteroatoms. The first-order valence-electron chi connectivity index (χ1n) is 10.1. The first kappa shape index (κ1) is 21.1. The van der Waals surface area contributed by atoms with Gasteiger partial charge in [0.2, 0.25) is 12.7 Å². The highest BCUT2D eigenvalue weighted by molar-refractivity contribution is 8.00. The molecule has 0 aliphatic carbocycles. The van der Waals surface area contributed by atoms with Gasteiger partial charge < -0.3 is 24.3 Å². The minimum Gasteiger partial charge on any atom is -0.494 e. The van der Waals surface area contributed by atoms with Gasteiger partial charge in [-0.1, -0.05) is 11.8 Å². The monoisotopic (exact) mass is 440 g/mol. The van der Waals surface area contributed by atoms with E-state index in [1.165, 1.54) is 11.8 Å². The number of hydrogen-bond acceptors (Lipinski definition) is 7. The van der Waals surface area contributed by atoms with E-state index in [0.29, 0.717) is 36.1 Å². The fourth-order valence-electron chi connectivity index (χ4n) is 3.26. The van der Waals surface area contributed by atoms with Crippen LogP contribution in [0.4, 0.5) is 5.69 Å². The van der Waals surface area contributed by atoms with Crippen LogP contribution in [0.2, 0.25) is 0 Å². The van der Waals surface area contributed by atoms with Crippen molar-refractivity contribution in [1.29, 1.82) is 0 Å². The van der Waals surface area contributed by atoms with Crippen LogP contribution in [0.3, 0.4) is 0 Å². The lowest BCUT2D eigenvalue weighted by molar-refractivity contribution is -0.113. The lowest BCUT2D eigenvalue weighted by atomic mass is 10.1. The molecule has 7 nitrogen and oxygen atoms in total. The number of nitrogens with one attached hydrogen (secondary N) is 1. The average Bonchev–Trinajstić information content (AvgIpc) is 3.20. The molecule has 0 saturated heterocycles. The largest absolute Gasteiger partial charge is 0.494 e. The third-order valence-corrected chi connectivity index (χ3v) is 5.72. The molecule has 1 aliphatic rings. The Morgan fingerprint density at radius 1 is 1.10 bits per heavy atom. The molecule has 0 saturated carbocycles. The van der Waals surface area contributed by atoms with Crippen LogP contribution in [0.1, 0.15) is 19.4 Å². The normalized spacial score (nSPS) is 12.1. The van der Waals surface area contributed by atoms with E-state index in [9.17, 15) is 4.79 Å². The number of nitrogens with zero attached hydrogens (tertiary/aromatic N) is 1. The van der Waals surface area contributed by atoms with E-state index in [-0.39, 0.29) is 18.5 Å². The number of pyridine rings is 1. The molecule has 2 heterocycles. The van der Waals surface area contributed by atoms with E-state index in [1.807, 2.05) is 45.0 Å². The van der Waals surface area contributed by atoms with Gasteiger partial charge in [0.15, 0.2) is 11.5 Å². The third kappa shape index (κ3) is 4.80. The summed E-state index contributed by atoms with van der Waals surface area (Å²) in [5.74, 6) is 2.78. The van der Waals surface area contributed by atoms with E-state index < -0.39 is 0 Å². The topological polar surface area (TPSA) is 78.9 Å². The van der Waals surface area contributed by atoms with Gasteiger partial charge in [-0.3, -0.25) is 4.79 Å². The minimum atomic E-state index is -0.147. The lowest BCUT2D eigenvalue weighted by Crippen LogP contribution is -2.15. The number of anilines is 1. The molecule has 1 aliphatic heterocycles. The van der Waals surface area contributed by atoms with E-state index in [2.05, 4.69) is 5.32 Å². The number of thioether (sulfide) groups is 1. The van der Waals surface area contributed by atoms with Crippen molar-refractivity contribution in [3.63, 3.8) is 0 Å². The molecule has 1 aromatic heterocycles. The van der Waals surface area contributed by atoms with Crippen LogP contribution in [0, 0.1) is 6.92 Å². The van der Waals surface area contributed by atoms with E-state index in [4.69, 9.17) is 23.9 Å². The molecule has 0 radical (unpaired) electrons. The molecule has 0 fully saturated rings. The van der Waals surface area contributed by atoms with E-state index >= 15 is 0 Å². The fourth-order valence-corrected chi connectivity index (χ4v) is 4.05. The molecule has 2 aromatic carbocycles. The van der Waals surface area contributed by atoms with Crippen molar-refractivity contribution in [2.24, 2.45) is 0 Å². The van der Waals surface area contributed by atoms with Gasteiger partial charge in [-0.05, 0) is 50.6 Å². The molecule has 1 amide bonds. The van der Waals surface area contributed by atoms with Gasteiger partial charge >= 0.3 is 0 Å². The highest BCUT2D eigenvalue weighted by Gasteiger charge is 2.17. The Kier molecular flexibility index (Phi) is 6.36. The van der Waals surface area contributed by atoms with Crippen LogP contribution in [-0.2, 0) is 4.79 Å². The van der Waals surface area contributed by atoms with Crippen LogP contribution < -0.4 is 24.3 Å². The number of aryl methyl sites for hydroxylation is 1. The predicted molar refractivity (Wildman–Crippen MR) is 121 cm³/mol. The minimum absolute atomic E-state index is 0.147. The molecule has 0 spiro atoms. The van der Waals surface area contributed by atoms with Crippen LogP contribution in [0.25, 0.3) is 10.9 Å². The summed E-state index contributed by atoms with van der Waals surface area (Å²) in [5, 5.41) is 4.70. The first-order valence-corrected chi connectivity index (χ1v) is 11.1. The smallest absolute Gasteiger partial charge is 0.234 e. The zero-order valence-corrected chi connectivity index (χ0v) is 18.5. The standard InChI is InChI=1S/C23H24N2O5S/c1-4-27-16-6-7-19(28-5-2)18(10-16)24-22(26)12-31-23-14(3)8-15-9-20-21(30-13-29-20)11-17(15)25-23/h6-11H,4-5,12-13H2,1-3H3,(H,24,26). The summed E-state index contributed by atoms with van der Waals surface area (Å²) in [5.41, 5.74) is 2.40. The maximum atomic E-state index is 12.6. The zero-order valence-electron chi connectivity index (χ0n) is 17.7. The van der Waals surface area contributed by atoms with Crippen molar-refractivity contribution in [3.8, 4) is 23.0 Å².